The molecule has 0 bridgehead atoms. The predicted molar refractivity (Wildman–Crippen MR) is 70.7 cm³/mol. The van der Waals surface area contributed by atoms with Crippen LogP contribution in [0.1, 0.15) is 29.3 Å². The van der Waals surface area contributed by atoms with Crippen molar-refractivity contribution in [2.75, 3.05) is 12.4 Å². The molecule has 0 spiro atoms. The van der Waals surface area contributed by atoms with Gasteiger partial charge in [-0.1, -0.05) is 24.3 Å². The van der Waals surface area contributed by atoms with Crippen molar-refractivity contribution in [3.8, 4) is 0 Å². The fraction of sp³-hybridized carbons (Fsp3) is 0.385. The molecule has 88 valence electrons. The Morgan fingerprint density at radius 2 is 2.12 bits per heavy atom. The van der Waals surface area contributed by atoms with Crippen LogP contribution in [-0.2, 0) is 12.8 Å². The highest BCUT2D eigenvalue weighted by Crippen LogP contribution is 2.32. The van der Waals surface area contributed by atoms with Gasteiger partial charge in [0.15, 0.2) is 0 Å². The van der Waals surface area contributed by atoms with Crippen molar-refractivity contribution in [1.29, 1.82) is 0 Å². The summed E-state index contributed by atoms with van der Waals surface area (Å²) in [4.78, 5) is 4.52. The van der Waals surface area contributed by atoms with Gasteiger partial charge in [-0.15, -0.1) is 0 Å². The molecule has 4 heteroatoms. The summed E-state index contributed by atoms with van der Waals surface area (Å²) in [5.41, 5.74) is 2.96. The maximum absolute atomic E-state index is 4.52. The highest BCUT2D eigenvalue weighted by molar-refractivity contribution is 7.09. The van der Waals surface area contributed by atoms with E-state index in [1.807, 2.05) is 7.05 Å². The summed E-state index contributed by atoms with van der Waals surface area (Å²) in [6.45, 7) is 0. The highest BCUT2D eigenvalue weighted by Gasteiger charge is 2.22. The first-order valence-electron chi connectivity index (χ1n) is 5.95. The average molecular weight is 245 g/mol. The Kier molecular flexibility index (Phi) is 2.81. The van der Waals surface area contributed by atoms with Crippen molar-refractivity contribution in [3.63, 3.8) is 0 Å². The lowest BCUT2D eigenvalue weighted by molar-refractivity contribution is 0.562. The van der Waals surface area contributed by atoms with Crippen LogP contribution in [0.3, 0.4) is 0 Å². The minimum Gasteiger partial charge on any atom is -0.363 e. The summed E-state index contributed by atoms with van der Waals surface area (Å²) in [7, 11) is 1.89. The van der Waals surface area contributed by atoms with Gasteiger partial charge in [0.05, 0.1) is 0 Å². The first-order chi connectivity index (χ1) is 8.36. The van der Waals surface area contributed by atoms with E-state index in [1.54, 1.807) is 0 Å². The Balaban J connectivity index is 1.84. The van der Waals surface area contributed by atoms with Crippen LogP contribution in [0.25, 0.3) is 0 Å². The highest BCUT2D eigenvalue weighted by atomic mass is 32.1. The van der Waals surface area contributed by atoms with Crippen LogP contribution in [0.4, 0.5) is 5.13 Å². The Hall–Kier alpha value is -1.42. The van der Waals surface area contributed by atoms with Crippen LogP contribution in [0.5, 0.6) is 0 Å². The molecule has 0 aliphatic heterocycles. The molecule has 2 aromatic rings. The van der Waals surface area contributed by atoms with Crippen molar-refractivity contribution >= 4 is 16.7 Å². The molecular formula is C13H15N3S. The van der Waals surface area contributed by atoms with Gasteiger partial charge in [0, 0.05) is 24.5 Å². The molecule has 1 N–H and O–H groups in total. The summed E-state index contributed by atoms with van der Waals surface area (Å²) in [5.74, 6) is 1.50. The molecule has 3 nitrogen and oxygen atoms in total. The number of rotatable bonds is 2. The van der Waals surface area contributed by atoms with Gasteiger partial charge in [0.1, 0.15) is 5.82 Å². The van der Waals surface area contributed by atoms with Gasteiger partial charge in [-0.3, -0.25) is 0 Å². The lowest BCUT2D eigenvalue weighted by Crippen LogP contribution is -2.13. The lowest BCUT2D eigenvalue weighted by atomic mass is 9.83. The van der Waals surface area contributed by atoms with Gasteiger partial charge in [-0.25, -0.2) is 4.98 Å². The van der Waals surface area contributed by atoms with Crippen molar-refractivity contribution in [1.82, 2.24) is 9.36 Å². The molecule has 0 amide bonds. The van der Waals surface area contributed by atoms with Crippen LogP contribution in [0, 0.1) is 0 Å². The van der Waals surface area contributed by atoms with Gasteiger partial charge in [0.2, 0.25) is 5.13 Å². The Morgan fingerprint density at radius 3 is 2.88 bits per heavy atom. The molecule has 0 fully saturated rings. The van der Waals surface area contributed by atoms with E-state index in [9.17, 15) is 0 Å². The summed E-state index contributed by atoms with van der Waals surface area (Å²) < 4.78 is 4.45. The van der Waals surface area contributed by atoms with Gasteiger partial charge in [0.25, 0.3) is 0 Å². The fourth-order valence-corrected chi connectivity index (χ4v) is 3.02. The second-order valence-electron chi connectivity index (χ2n) is 4.42. The predicted octanol–water partition coefficient (Wildman–Crippen LogP) is 2.85. The first kappa shape index (κ1) is 10.7. The van der Waals surface area contributed by atoms with E-state index in [2.05, 4.69) is 38.9 Å². The second kappa shape index (κ2) is 4.45. The smallest absolute Gasteiger partial charge is 0.202 e. The number of aryl methyl sites for hydroxylation is 1. The van der Waals surface area contributed by atoms with Gasteiger partial charge >= 0.3 is 0 Å². The number of hydrogen-bond donors (Lipinski definition) is 1. The molecule has 0 radical (unpaired) electrons. The zero-order chi connectivity index (χ0) is 11.7. The van der Waals surface area contributed by atoms with Crippen molar-refractivity contribution in [2.24, 2.45) is 0 Å². The lowest BCUT2D eigenvalue weighted by Gasteiger charge is -2.22. The van der Waals surface area contributed by atoms with Crippen LogP contribution in [0.15, 0.2) is 24.3 Å². The SMILES string of the molecule is CNc1nc(C2CCc3ccccc3C2)ns1. The number of anilines is 1. The normalized spacial score (nSPS) is 18.8. The minimum absolute atomic E-state index is 0.489. The third-order valence-corrected chi connectivity index (χ3v) is 4.11. The number of aromatic nitrogens is 2. The van der Waals surface area contributed by atoms with Crippen molar-refractivity contribution in [2.45, 2.75) is 25.2 Å². The third-order valence-electron chi connectivity index (χ3n) is 3.37. The van der Waals surface area contributed by atoms with Crippen molar-refractivity contribution < 1.29 is 0 Å². The van der Waals surface area contributed by atoms with Gasteiger partial charge in [-0.2, -0.15) is 4.37 Å². The maximum Gasteiger partial charge on any atom is 0.202 e. The van der Waals surface area contributed by atoms with Crippen LogP contribution < -0.4 is 5.32 Å². The van der Waals surface area contributed by atoms with Crippen LogP contribution in [0.2, 0.25) is 0 Å². The van der Waals surface area contributed by atoms with Gasteiger partial charge < -0.3 is 5.32 Å². The van der Waals surface area contributed by atoms with E-state index in [0.29, 0.717) is 5.92 Å². The molecule has 1 aliphatic rings. The minimum atomic E-state index is 0.489. The molecule has 3 rings (SSSR count). The standard InChI is InChI=1S/C13H15N3S/c1-14-13-15-12(16-17-13)11-7-6-9-4-2-3-5-10(9)8-11/h2-5,11H,6-8H2,1H3,(H,14,15,16). The Bertz CT molecular complexity index is 521. The molecule has 1 aliphatic carbocycles. The van der Waals surface area contributed by atoms with Crippen molar-refractivity contribution in [3.05, 3.63) is 41.2 Å². The fourth-order valence-electron chi connectivity index (χ4n) is 2.42. The molecule has 0 saturated heterocycles. The zero-order valence-electron chi connectivity index (χ0n) is 9.81. The molecule has 1 heterocycles. The molecular weight excluding hydrogens is 230 g/mol. The summed E-state index contributed by atoms with van der Waals surface area (Å²) >= 11 is 1.45. The summed E-state index contributed by atoms with van der Waals surface area (Å²) in [6.07, 6.45) is 3.39. The molecule has 17 heavy (non-hydrogen) atoms. The number of nitrogens with zero attached hydrogens (tertiary/aromatic N) is 2. The largest absolute Gasteiger partial charge is 0.363 e. The molecule has 1 unspecified atom stereocenters. The average Bonchev–Trinajstić information content (AvgIpc) is 2.87. The number of nitrogens with one attached hydrogen (secondary N) is 1. The van der Waals surface area contributed by atoms with Crippen LogP contribution >= 0.6 is 11.5 Å². The van der Waals surface area contributed by atoms with Crippen LogP contribution in [-0.4, -0.2) is 16.4 Å². The van der Waals surface area contributed by atoms with E-state index in [-0.39, 0.29) is 0 Å². The number of hydrogen-bond acceptors (Lipinski definition) is 4. The Morgan fingerprint density at radius 1 is 1.29 bits per heavy atom. The molecule has 1 aromatic carbocycles. The van der Waals surface area contributed by atoms with E-state index in [1.165, 1.54) is 22.7 Å². The topological polar surface area (TPSA) is 37.8 Å². The molecule has 0 saturated carbocycles. The maximum atomic E-state index is 4.52. The second-order valence-corrected chi connectivity index (χ2v) is 5.17. The summed E-state index contributed by atoms with van der Waals surface area (Å²) in [5, 5.41) is 3.97. The summed E-state index contributed by atoms with van der Waals surface area (Å²) in [6, 6.07) is 8.71. The van der Waals surface area contributed by atoms with Gasteiger partial charge in [-0.05, 0) is 30.4 Å². The van der Waals surface area contributed by atoms with E-state index >= 15 is 0 Å². The van der Waals surface area contributed by atoms with E-state index < -0.39 is 0 Å². The molecule has 1 aromatic heterocycles. The zero-order valence-corrected chi connectivity index (χ0v) is 10.6. The first-order valence-corrected chi connectivity index (χ1v) is 6.72. The van der Waals surface area contributed by atoms with E-state index in [4.69, 9.17) is 0 Å². The van der Waals surface area contributed by atoms with E-state index in [0.717, 1.165) is 30.2 Å². The third kappa shape index (κ3) is 2.05. The quantitative estimate of drug-likeness (QED) is 0.884. The molecule has 1 atom stereocenters. The monoisotopic (exact) mass is 245 g/mol. The Labute approximate surface area is 105 Å². The number of benzene rings is 1. The number of fused-ring (bicyclic) bond motifs is 1.